The van der Waals surface area contributed by atoms with Gasteiger partial charge in [0.25, 0.3) is 17.4 Å². The Morgan fingerprint density at radius 2 is 1.81 bits per heavy atom. The summed E-state index contributed by atoms with van der Waals surface area (Å²) in [6.07, 6.45) is 5.91. The molecule has 3 heterocycles. The van der Waals surface area contributed by atoms with Crippen molar-refractivity contribution in [2.45, 2.75) is 0 Å². The second kappa shape index (κ2) is 11.2. The summed E-state index contributed by atoms with van der Waals surface area (Å²) in [6, 6.07) is 3.17. The van der Waals surface area contributed by atoms with Gasteiger partial charge in [-0.3, -0.25) is 14.2 Å². The molecule has 1 amide bonds. The van der Waals surface area contributed by atoms with Crippen molar-refractivity contribution in [3.8, 4) is 22.6 Å². The number of methoxy groups -OCH3 is 2. The molecule has 37 heavy (non-hydrogen) atoms. The molecular weight excluding hydrogens is 521 g/mol. The molecule has 2 atom stereocenters. The Morgan fingerprint density at radius 1 is 1.16 bits per heavy atom. The monoisotopic (exact) mass is 543 g/mol. The molecular formula is C25H23Cl2N5O5. The Bertz CT molecular complexity index is 1470. The van der Waals surface area contributed by atoms with Crippen LogP contribution in [0.3, 0.4) is 0 Å². The van der Waals surface area contributed by atoms with E-state index in [0.717, 1.165) is 6.08 Å². The Labute approximate surface area is 222 Å². The number of nitrogens with zero attached hydrogens (tertiary/aromatic N) is 5. The summed E-state index contributed by atoms with van der Waals surface area (Å²) >= 11 is 13.1. The van der Waals surface area contributed by atoms with Gasteiger partial charge in [0.05, 0.1) is 43.0 Å². The molecule has 0 saturated carbocycles. The highest BCUT2D eigenvalue weighted by molar-refractivity contribution is 6.41. The number of carbonyl (C=O) groups excluding carboxylic acids is 1. The van der Waals surface area contributed by atoms with Crippen molar-refractivity contribution in [3.05, 3.63) is 51.4 Å². The van der Waals surface area contributed by atoms with Gasteiger partial charge in [-0.25, -0.2) is 15.0 Å². The molecule has 1 fully saturated rings. The fourth-order valence-corrected chi connectivity index (χ4v) is 4.58. The van der Waals surface area contributed by atoms with Gasteiger partial charge >= 0.3 is 0 Å². The minimum absolute atomic E-state index is 0.112. The number of aryl methyl sites for hydroxylation is 1. The van der Waals surface area contributed by atoms with Gasteiger partial charge in [-0.2, -0.15) is 4.98 Å². The maximum absolute atomic E-state index is 13.4. The second-order valence-corrected chi connectivity index (χ2v) is 8.87. The van der Waals surface area contributed by atoms with Crippen molar-refractivity contribution in [3.63, 3.8) is 0 Å². The summed E-state index contributed by atoms with van der Waals surface area (Å²) in [7, 11) is 4.50. The van der Waals surface area contributed by atoms with Gasteiger partial charge in [0, 0.05) is 54.5 Å². The standard InChI is InChI=1S/C25H23Cl2N5O5/c1-5-19(33)28-9-14-11-37-12-15(14)10-30-25-29-8-13-6-16(24(34)32(2)23(13)31-25)20-21(26)17(35-3)7-18(36-4)22(20)27/h5-10,14-15H,1,11-12H2,2-4H3/b28-9-,30-10-. The third-order valence-corrected chi connectivity index (χ3v) is 6.65. The molecule has 12 heteroatoms. The van der Waals surface area contributed by atoms with E-state index >= 15 is 0 Å². The van der Waals surface area contributed by atoms with Crippen LogP contribution in [0.1, 0.15) is 0 Å². The van der Waals surface area contributed by atoms with Gasteiger partial charge in [0.1, 0.15) is 17.1 Å². The summed E-state index contributed by atoms with van der Waals surface area (Å²) in [4.78, 5) is 41.7. The highest BCUT2D eigenvalue weighted by atomic mass is 35.5. The number of pyridine rings is 1. The molecule has 0 spiro atoms. The van der Waals surface area contributed by atoms with Crippen molar-refractivity contribution < 1.29 is 19.0 Å². The lowest BCUT2D eigenvalue weighted by Crippen LogP contribution is -2.20. The van der Waals surface area contributed by atoms with Crippen molar-refractivity contribution in [1.82, 2.24) is 14.5 Å². The van der Waals surface area contributed by atoms with Gasteiger partial charge < -0.3 is 14.2 Å². The van der Waals surface area contributed by atoms with Gasteiger partial charge in [0.15, 0.2) is 0 Å². The molecule has 2 unspecified atom stereocenters. The van der Waals surface area contributed by atoms with Crippen LogP contribution in [0.2, 0.25) is 10.0 Å². The zero-order valence-corrected chi connectivity index (χ0v) is 21.8. The first kappa shape index (κ1) is 26.5. The third kappa shape index (κ3) is 5.27. The van der Waals surface area contributed by atoms with Crippen molar-refractivity contribution in [1.29, 1.82) is 0 Å². The maximum atomic E-state index is 13.4. The minimum Gasteiger partial charge on any atom is -0.495 e. The zero-order valence-electron chi connectivity index (χ0n) is 20.3. The first-order chi connectivity index (χ1) is 17.8. The molecule has 0 N–H and O–H groups in total. The van der Waals surface area contributed by atoms with E-state index < -0.39 is 5.91 Å². The van der Waals surface area contributed by atoms with Crippen LogP contribution in [0.25, 0.3) is 22.2 Å². The Kier molecular flexibility index (Phi) is 8.01. The second-order valence-electron chi connectivity index (χ2n) is 8.12. The molecule has 10 nitrogen and oxygen atoms in total. The Morgan fingerprint density at radius 3 is 2.43 bits per heavy atom. The summed E-state index contributed by atoms with van der Waals surface area (Å²) in [6.45, 7) is 4.24. The average molecular weight is 544 g/mol. The lowest BCUT2D eigenvalue weighted by Gasteiger charge is -2.15. The van der Waals surface area contributed by atoms with E-state index in [1.54, 1.807) is 37.8 Å². The first-order valence-corrected chi connectivity index (χ1v) is 11.8. The summed E-state index contributed by atoms with van der Waals surface area (Å²) in [5.74, 6) is 0.145. The summed E-state index contributed by atoms with van der Waals surface area (Å²) in [5.41, 5.74) is 0.511. The molecule has 0 aliphatic carbocycles. The van der Waals surface area contributed by atoms with E-state index in [1.807, 2.05) is 0 Å². The fourth-order valence-electron chi connectivity index (χ4n) is 3.88. The predicted molar refractivity (Wildman–Crippen MR) is 143 cm³/mol. The lowest BCUT2D eigenvalue weighted by atomic mass is 9.99. The van der Waals surface area contributed by atoms with E-state index in [4.69, 9.17) is 37.4 Å². The number of benzene rings is 1. The topological polar surface area (TPSA) is 117 Å². The van der Waals surface area contributed by atoms with Crippen LogP contribution in [-0.2, 0) is 16.6 Å². The predicted octanol–water partition coefficient (Wildman–Crippen LogP) is 4.07. The van der Waals surface area contributed by atoms with Crippen LogP contribution in [0.15, 0.2) is 45.8 Å². The van der Waals surface area contributed by atoms with E-state index in [1.165, 1.54) is 18.8 Å². The molecule has 3 aromatic rings. The number of aromatic nitrogens is 3. The molecule has 1 aliphatic rings. The van der Waals surface area contributed by atoms with E-state index in [2.05, 4.69) is 26.5 Å². The van der Waals surface area contributed by atoms with Crippen LogP contribution < -0.4 is 15.0 Å². The van der Waals surface area contributed by atoms with Crippen LogP contribution >= 0.6 is 23.2 Å². The molecule has 2 aromatic heterocycles. The van der Waals surface area contributed by atoms with Crippen molar-refractivity contribution >= 4 is 58.5 Å². The number of hydrogen-bond donors (Lipinski definition) is 0. The van der Waals surface area contributed by atoms with Gasteiger partial charge in [-0.1, -0.05) is 29.8 Å². The molecule has 0 radical (unpaired) electrons. The SMILES string of the molecule is C=CC(=O)/N=C\C1COCC1/C=N\c1ncc2cc(-c3c(Cl)c(OC)cc(OC)c3Cl)c(=O)n(C)c2n1. The van der Waals surface area contributed by atoms with Crippen LogP contribution in [0, 0.1) is 11.8 Å². The number of fused-ring (bicyclic) bond motifs is 1. The van der Waals surface area contributed by atoms with E-state index in [0.29, 0.717) is 35.7 Å². The van der Waals surface area contributed by atoms with Crippen molar-refractivity contribution in [2.24, 2.45) is 28.9 Å². The van der Waals surface area contributed by atoms with E-state index in [9.17, 15) is 9.59 Å². The smallest absolute Gasteiger partial charge is 0.268 e. The third-order valence-electron chi connectivity index (χ3n) is 5.90. The number of amides is 1. The quantitative estimate of drug-likeness (QED) is 0.325. The van der Waals surface area contributed by atoms with Crippen LogP contribution in [0.4, 0.5) is 5.95 Å². The van der Waals surface area contributed by atoms with E-state index in [-0.39, 0.29) is 44.5 Å². The molecule has 1 saturated heterocycles. The molecule has 1 aliphatic heterocycles. The van der Waals surface area contributed by atoms with Gasteiger partial charge in [-0.05, 0) is 12.1 Å². The number of ether oxygens (including phenoxy) is 3. The number of carbonyl (C=O) groups is 1. The Balaban J connectivity index is 1.72. The lowest BCUT2D eigenvalue weighted by molar-refractivity contribution is -0.113. The maximum Gasteiger partial charge on any atom is 0.268 e. The molecule has 192 valence electrons. The highest BCUT2D eigenvalue weighted by Gasteiger charge is 2.26. The average Bonchev–Trinajstić information content (AvgIpc) is 3.36. The number of halogens is 2. The fraction of sp³-hybridized carbons (Fsp3) is 0.280. The van der Waals surface area contributed by atoms with Crippen LogP contribution in [0.5, 0.6) is 11.5 Å². The molecule has 0 bridgehead atoms. The highest BCUT2D eigenvalue weighted by Crippen LogP contribution is 2.45. The van der Waals surface area contributed by atoms with Gasteiger partial charge in [0.2, 0.25) is 0 Å². The first-order valence-electron chi connectivity index (χ1n) is 11.1. The largest absolute Gasteiger partial charge is 0.495 e. The minimum atomic E-state index is -0.421. The number of hydrogen-bond acceptors (Lipinski definition) is 8. The zero-order chi connectivity index (χ0) is 26.7. The summed E-state index contributed by atoms with van der Waals surface area (Å²) in [5, 5.41) is 0.930. The number of rotatable bonds is 7. The van der Waals surface area contributed by atoms with Crippen LogP contribution in [-0.4, -0.2) is 60.3 Å². The van der Waals surface area contributed by atoms with Gasteiger partial charge in [-0.15, -0.1) is 0 Å². The summed E-state index contributed by atoms with van der Waals surface area (Å²) < 4.78 is 17.5. The molecule has 4 rings (SSSR count). The van der Waals surface area contributed by atoms with Crippen molar-refractivity contribution in [2.75, 3.05) is 27.4 Å². The Hall–Kier alpha value is -3.60. The molecule has 1 aromatic carbocycles. The number of aliphatic imine (C=N–C) groups is 2. The normalized spacial score (nSPS) is 17.6.